The van der Waals surface area contributed by atoms with E-state index in [0.29, 0.717) is 30.6 Å². The molecule has 9 heteroatoms. The average molecular weight is 525 g/mol. The van der Waals surface area contributed by atoms with Crippen LogP contribution in [-0.2, 0) is 0 Å². The van der Waals surface area contributed by atoms with Crippen LogP contribution in [0.5, 0.6) is 5.75 Å². The third-order valence-corrected chi connectivity index (χ3v) is 9.40. The van der Waals surface area contributed by atoms with Crippen molar-refractivity contribution < 1.29 is 14.3 Å². The molecule has 0 aliphatic carbocycles. The molecule has 2 amide bonds. The Morgan fingerprint density at radius 3 is 2.19 bits per heavy atom. The maximum Gasteiger partial charge on any atom is 0.273 e. The fraction of sp³-hybridized carbons (Fsp3) is 0.481. The summed E-state index contributed by atoms with van der Waals surface area (Å²) >= 11 is 3.05. The van der Waals surface area contributed by atoms with Crippen LogP contribution in [-0.4, -0.2) is 64.9 Å². The highest BCUT2D eigenvalue weighted by Crippen LogP contribution is 2.35. The van der Waals surface area contributed by atoms with Gasteiger partial charge in [-0.2, -0.15) is 0 Å². The number of para-hydroxylation sites is 1. The lowest BCUT2D eigenvalue weighted by Gasteiger charge is -2.32. The van der Waals surface area contributed by atoms with Crippen LogP contribution in [0.15, 0.2) is 29.6 Å². The Bertz CT molecular complexity index is 1240. The van der Waals surface area contributed by atoms with Crippen molar-refractivity contribution in [3.63, 3.8) is 0 Å². The molecule has 3 aromatic rings. The molecule has 1 aromatic carbocycles. The number of hydrogen-bond acceptors (Lipinski definition) is 7. The molecule has 4 heterocycles. The second kappa shape index (κ2) is 10.7. The Morgan fingerprint density at radius 2 is 1.56 bits per heavy atom. The highest BCUT2D eigenvalue weighted by molar-refractivity contribution is 7.13. The van der Waals surface area contributed by atoms with Gasteiger partial charge >= 0.3 is 0 Å². The number of nitrogens with zero attached hydrogens (tertiary/aromatic N) is 4. The molecule has 36 heavy (non-hydrogen) atoms. The molecule has 5 rings (SSSR count). The number of carbonyl (C=O) groups excluding carboxylic acids is 2. The second-order valence-electron chi connectivity index (χ2n) is 9.59. The van der Waals surface area contributed by atoms with Gasteiger partial charge in [-0.25, -0.2) is 9.97 Å². The van der Waals surface area contributed by atoms with E-state index in [9.17, 15) is 9.59 Å². The standard InChI is InChI=1S/C27H32N4O3S2/c1-17-24(36-18(2)28-17)27(33)31-14-10-20(11-15-31)25-29-22(16-35-25)26(32)30-12-8-19(9-13-30)21-6-4-5-7-23(21)34-3/h4-7,16,19-20H,8-15H2,1-3H3. The van der Waals surface area contributed by atoms with Crippen molar-refractivity contribution >= 4 is 34.5 Å². The molecule has 0 saturated carbocycles. The maximum absolute atomic E-state index is 13.2. The fourth-order valence-electron chi connectivity index (χ4n) is 5.34. The van der Waals surface area contributed by atoms with E-state index in [-0.39, 0.29) is 11.8 Å². The Hall–Kier alpha value is -2.78. The highest BCUT2D eigenvalue weighted by atomic mass is 32.1. The van der Waals surface area contributed by atoms with Crippen molar-refractivity contribution in [3.8, 4) is 5.75 Å². The first kappa shape index (κ1) is 24.9. The summed E-state index contributed by atoms with van der Waals surface area (Å²) in [4.78, 5) is 39.9. The fourth-order valence-corrected chi connectivity index (χ4v) is 7.19. The molecule has 7 nitrogen and oxygen atoms in total. The molecular weight excluding hydrogens is 492 g/mol. The summed E-state index contributed by atoms with van der Waals surface area (Å²) in [5.41, 5.74) is 2.60. The van der Waals surface area contributed by atoms with Crippen molar-refractivity contribution in [1.29, 1.82) is 0 Å². The lowest BCUT2D eigenvalue weighted by atomic mass is 9.88. The number of likely N-dealkylation sites (tertiary alicyclic amines) is 2. The normalized spacial score (nSPS) is 17.4. The first-order valence-corrected chi connectivity index (χ1v) is 14.2. The molecule has 2 aliphatic rings. The molecule has 2 aromatic heterocycles. The van der Waals surface area contributed by atoms with Gasteiger partial charge in [0.15, 0.2) is 0 Å². The van der Waals surface area contributed by atoms with Gasteiger partial charge in [-0.1, -0.05) is 18.2 Å². The molecule has 0 unspecified atom stereocenters. The van der Waals surface area contributed by atoms with Crippen molar-refractivity contribution in [3.05, 3.63) is 61.5 Å². The van der Waals surface area contributed by atoms with Gasteiger partial charge < -0.3 is 14.5 Å². The average Bonchev–Trinajstić information content (AvgIpc) is 3.54. The van der Waals surface area contributed by atoms with Gasteiger partial charge in [0.25, 0.3) is 11.8 Å². The van der Waals surface area contributed by atoms with Crippen molar-refractivity contribution in [2.75, 3.05) is 33.3 Å². The minimum Gasteiger partial charge on any atom is -0.496 e. The van der Waals surface area contributed by atoms with Crippen LogP contribution in [0.4, 0.5) is 0 Å². The molecule has 190 valence electrons. The first-order chi connectivity index (χ1) is 17.4. The monoisotopic (exact) mass is 524 g/mol. The molecule has 0 bridgehead atoms. The van der Waals surface area contributed by atoms with Crippen molar-refractivity contribution in [2.45, 2.75) is 51.4 Å². The SMILES string of the molecule is COc1ccccc1C1CCN(C(=O)c2csc(C3CCN(C(=O)c4sc(C)nc4C)CC3)n2)CC1. The number of amides is 2. The Labute approximate surface area is 220 Å². The minimum atomic E-state index is 0.0274. The number of piperidine rings is 2. The zero-order valence-corrected chi connectivity index (χ0v) is 22.7. The van der Waals surface area contributed by atoms with E-state index >= 15 is 0 Å². The third kappa shape index (κ3) is 5.04. The van der Waals surface area contributed by atoms with Crippen molar-refractivity contribution in [2.24, 2.45) is 0 Å². The lowest BCUT2D eigenvalue weighted by molar-refractivity contribution is 0.0706. The van der Waals surface area contributed by atoms with E-state index in [1.807, 2.05) is 47.2 Å². The molecule has 2 fully saturated rings. The number of aromatic nitrogens is 2. The van der Waals surface area contributed by atoms with Gasteiger partial charge in [-0.15, -0.1) is 22.7 Å². The molecule has 0 atom stereocenters. The van der Waals surface area contributed by atoms with E-state index in [4.69, 9.17) is 9.72 Å². The number of thiazole rings is 2. The van der Waals surface area contributed by atoms with E-state index in [0.717, 1.165) is 65.1 Å². The predicted molar refractivity (Wildman–Crippen MR) is 142 cm³/mol. The van der Waals surface area contributed by atoms with Gasteiger partial charge in [0.05, 0.1) is 22.8 Å². The van der Waals surface area contributed by atoms with Crippen LogP contribution in [0.3, 0.4) is 0 Å². The van der Waals surface area contributed by atoms with Crippen LogP contribution in [0, 0.1) is 13.8 Å². The van der Waals surface area contributed by atoms with E-state index in [1.165, 1.54) is 16.9 Å². The van der Waals surface area contributed by atoms with Gasteiger partial charge in [0.2, 0.25) is 0 Å². The summed E-state index contributed by atoms with van der Waals surface area (Å²) in [6.45, 7) is 6.71. The summed E-state index contributed by atoms with van der Waals surface area (Å²) in [7, 11) is 1.71. The smallest absolute Gasteiger partial charge is 0.273 e. The van der Waals surface area contributed by atoms with E-state index < -0.39 is 0 Å². The van der Waals surface area contributed by atoms with Crippen LogP contribution < -0.4 is 4.74 Å². The Morgan fingerprint density at radius 1 is 0.917 bits per heavy atom. The Kier molecular flexibility index (Phi) is 7.39. The lowest BCUT2D eigenvalue weighted by Crippen LogP contribution is -2.38. The topological polar surface area (TPSA) is 75.6 Å². The summed E-state index contributed by atoms with van der Waals surface area (Å²) in [5, 5.41) is 3.85. The summed E-state index contributed by atoms with van der Waals surface area (Å²) in [5.74, 6) is 1.74. The molecule has 0 N–H and O–H groups in total. The molecule has 2 saturated heterocycles. The Balaban J connectivity index is 1.16. The number of carbonyl (C=O) groups is 2. The molecule has 2 aliphatic heterocycles. The summed E-state index contributed by atoms with van der Waals surface area (Å²) in [6, 6.07) is 8.18. The zero-order valence-electron chi connectivity index (χ0n) is 21.0. The van der Waals surface area contributed by atoms with E-state index in [1.54, 1.807) is 18.4 Å². The number of aryl methyl sites for hydroxylation is 2. The van der Waals surface area contributed by atoms with Gasteiger partial charge in [-0.05, 0) is 57.1 Å². The molecule has 0 radical (unpaired) electrons. The maximum atomic E-state index is 13.2. The predicted octanol–water partition coefficient (Wildman–Crippen LogP) is 5.26. The quantitative estimate of drug-likeness (QED) is 0.455. The van der Waals surface area contributed by atoms with Crippen LogP contribution >= 0.6 is 22.7 Å². The van der Waals surface area contributed by atoms with E-state index in [2.05, 4.69) is 11.1 Å². The number of methoxy groups -OCH3 is 1. The third-order valence-electron chi connectivity index (χ3n) is 7.33. The molecule has 0 spiro atoms. The van der Waals surface area contributed by atoms with Gasteiger partial charge in [-0.3, -0.25) is 9.59 Å². The van der Waals surface area contributed by atoms with Gasteiger partial charge in [0.1, 0.15) is 16.3 Å². The number of rotatable bonds is 5. The van der Waals surface area contributed by atoms with Gasteiger partial charge in [0, 0.05) is 37.5 Å². The second-order valence-corrected chi connectivity index (χ2v) is 11.7. The van der Waals surface area contributed by atoms with Crippen LogP contribution in [0.25, 0.3) is 0 Å². The highest BCUT2D eigenvalue weighted by Gasteiger charge is 2.30. The van der Waals surface area contributed by atoms with Crippen molar-refractivity contribution in [1.82, 2.24) is 19.8 Å². The summed E-state index contributed by atoms with van der Waals surface area (Å²) < 4.78 is 5.54. The number of benzene rings is 1. The number of hydrogen-bond donors (Lipinski definition) is 0. The van der Waals surface area contributed by atoms with Crippen LogP contribution in [0.2, 0.25) is 0 Å². The molecular formula is C27H32N4O3S2. The minimum absolute atomic E-state index is 0.0274. The largest absolute Gasteiger partial charge is 0.496 e. The van der Waals surface area contributed by atoms with Crippen LogP contribution in [0.1, 0.15) is 79.0 Å². The summed E-state index contributed by atoms with van der Waals surface area (Å²) in [6.07, 6.45) is 3.59. The first-order valence-electron chi connectivity index (χ1n) is 12.6. The zero-order chi connectivity index (χ0) is 25.2. The number of ether oxygens (including phenoxy) is 1.